The average molecular weight is 391 g/mol. The Morgan fingerprint density at radius 2 is 1.84 bits per heavy atom. The molecule has 0 aliphatic carbocycles. The lowest BCUT2D eigenvalue weighted by molar-refractivity contribution is 0.508. The third kappa shape index (κ3) is 4.72. The number of nitrogens with zero attached hydrogens (tertiary/aromatic N) is 3. The molecule has 0 saturated carbocycles. The Hall–Kier alpha value is -2.08. The van der Waals surface area contributed by atoms with Crippen LogP contribution in [0.2, 0.25) is 10.0 Å². The number of benzene rings is 2. The zero-order chi connectivity index (χ0) is 17.8. The lowest BCUT2D eigenvalue weighted by atomic mass is 10.3. The maximum absolute atomic E-state index is 6.01. The van der Waals surface area contributed by atoms with Crippen molar-refractivity contribution in [1.29, 1.82) is 0 Å². The molecule has 4 nitrogen and oxygen atoms in total. The predicted molar refractivity (Wildman–Crippen MR) is 108 cm³/mol. The number of para-hydroxylation sites is 1. The molecule has 1 N–H and O–H groups in total. The fourth-order valence-electron chi connectivity index (χ4n) is 2.35. The summed E-state index contributed by atoms with van der Waals surface area (Å²) in [5.74, 6) is 0. The van der Waals surface area contributed by atoms with Crippen LogP contribution in [0.5, 0.6) is 0 Å². The van der Waals surface area contributed by atoms with Gasteiger partial charge < -0.3 is 10.2 Å². The molecular formula is C18H16Cl2N4S. The molecule has 1 aromatic heterocycles. The summed E-state index contributed by atoms with van der Waals surface area (Å²) < 4.78 is 1.84. The minimum absolute atomic E-state index is 0.560. The van der Waals surface area contributed by atoms with Crippen LogP contribution in [-0.2, 0) is 6.54 Å². The van der Waals surface area contributed by atoms with E-state index in [4.69, 9.17) is 35.4 Å². The normalized spacial score (nSPS) is 10.5. The fraction of sp³-hybridized carbons (Fsp3) is 0.111. The molecule has 1 heterocycles. The maximum Gasteiger partial charge on any atom is 0.173 e. The van der Waals surface area contributed by atoms with E-state index in [9.17, 15) is 0 Å². The van der Waals surface area contributed by atoms with Crippen molar-refractivity contribution >= 4 is 46.2 Å². The van der Waals surface area contributed by atoms with Gasteiger partial charge in [0.1, 0.15) is 0 Å². The minimum Gasteiger partial charge on any atom is -0.348 e. The van der Waals surface area contributed by atoms with Gasteiger partial charge in [-0.05, 0) is 42.5 Å². The standard InChI is InChI=1S/C18H16Cl2N4S/c1-23(18(25)22-16-8-14(19)7-15(20)9-16)11-13-10-21-24(12-13)17-5-3-2-4-6-17/h2-10,12H,11H2,1H3,(H,22,25). The Kier molecular flexibility index (Phi) is 5.58. The first kappa shape index (κ1) is 17.7. The first-order valence-corrected chi connectivity index (χ1v) is 8.75. The maximum atomic E-state index is 6.01. The van der Waals surface area contributed by atoms with Gasteiger partial charge in [0.05, 0.1) is 11.9 Å². The van der Waals surface area contributed by atoms with E-state index in [1.54, 1.807) is 18.2 Å². The monoisotopic (exact) mass is 390 g/mol. The van der Waals surface area contributed by atoms with E-state index in [0.29, 0.717) is 21.7 Å². The molecule has 0 fully saturated rings. The number of thiocarbonyl (C=S) groups is 1. The molecule has 7 heteroatoms. The zero-order valence-electron chi connectivity index (χ0n) is 13.5. The molecule has 0 saturated heterocycles. The molecule has 0 spiro atoms. The summed E-state index contributed by atoms with van der Waals surface area (Å²) in [4.78, 5) is 1.93. The van der Waals surface area contributed by atoms with Crippen LogP contribution >= 0.6 is 35.4 Å². The van der Waals surface area contributed by atoms with Crippen LogP contribution in [-0.4, -0.2) is 26.8 Å². The second-order valence-corrected chi connectivity index (χ2v) is 6.83. The van der Waals surface area contributed by atoms with Gasteiger partial charge in [0, 0.05) is 41.1 Å². The first-order valence-electron chi connectivity index (χ1n) is 7.58. The average Bonchev–Trinajstić information content (AvgIpc) is 3.03. The topological polar surface area (TPSA) is 33.1 Å². The molecule has 0 atom stereocenters. The zero-order valence-corrected chi connectivity index (χ0v) is 15.8. The summed E-state index contributed by atoms with van der Waals surface area (Å²) in [6.45, 7) is 0.632. The Balaban J connectivity index is 1.64. The van der Waals surface area contributed by atoms with E-state index < -0.39 is 0 Å². The second kappa shape index (κ2) is 7.87. The minimum atomic E-state index is 0.560. The number of anilines is 1. The van der Waals surface area contributed by atoms with E-state index in [0.717, 1.165) is 16.9 Å². The van der Waals surface area contributed by atoms with Gasteiger partial charge in [-0.3, -0.25) is 0 Å². The van der Waals surface area contributed by atoms with Crippen molar-refractivity contribution in [3.8, 4) is 5.69 Å². The van der Waals surface area contributed by atoms with Crippen molar-refractivity contribution in [3.63, 3.8) is 0 Å². The van der Waals surface area contributed by atoms with E-state index in [1.165, 1.54) is 0 Å². The van der Waals surface area contributed by atoms with Crippen LogP contribution in [0.3, 0.4) is 0 Å². The molecule has 0 amide bonds. The molecule has 0 bridgehead atoms. The summed E-state index contributed by atoms with van der Waals surface area (Å²) in [5, 5.41) is 9.24. The Bertz CT molecular complexity index is 860. The molecule has 25 heavy (non-hydrogen) atoms. The van der Waals surface area contributed by atoms with Crippen LogP contribution in [0.25, 0.3) is 5.69 Å². The van der Waals surface area contributed by atoms with Gasteiger partial charge in [0.2, 0.25) is 0 Å². The summed E-state index contributed by atoms with van der Waals surface area (Å²) in [5.41, 5.74) is 2.83. The lowest BCUT2D eigenvalue weighted by Gasteiger charge is -2.20. The summed E-state index contributed by atoms with van der Waals surface area (Å²) in [7, 11) is 1.92. The molecule has 0 aliphatic heterocycles. The summed E-state index contributed by atoms with van der Waals surface area (Å²) in [6.07, 6.45) is 3.83. The van der Waals surface area contributed by atoms with Gasteiger partial charge in [0.25, 0.3) is 0 Å². The van der Waals surface area contributed by atoms with Crippen LogP contribution in [0.4, 0.5) is 5.69 Å². The van der Waals surface area contributed by atoms with Crippen molar-refractivity contribution in [2.75, 3.05) is 12.4 Å². The molecule has 0 unspecified atom stereocenters. The van der Waals surface area contributed by atoms with Gasteiger partial charge in [0.15, 0.2) is 5.11 Å². The van der Waals surface area contributed by atoms with Gasteiger partial charge in [-0.15, -0.1) is 0 Å². The molecule has 128 valence electrons. The largest absolute Gasteiger partial charge is 0.348 e. The third-order valence-corrected chi connectivity index (χ3v) is 4.39. The highest BCUT2D eigenvalue weighted by atomic mass is 35.5. The smallest absolute Gasteiger partial charge is 0.173 e. The number of hydrogen-bond donors (Lipinski definition) is 1. The lowest BCUT2D eigenvalue weighted by Crippen LogP contribution is -2.30. The third-order valence-electron chi connectivity index (χ3n) is 3.54. The molecule has 3 rings (SSSR count). The Labute approximate surface area is 162 Å². The van der Waals surface area contributed by atoms with E-state index in [2.05, 4.69) is 10.4 Å². The molecule has 0 radical (unpaired) electrons. The molecule has 2 aromatic carbocycles. The van der Waals surface area contributed by atoms with Gasteiger partial charge in [-0.2, -0.15) is 5.10 Å². The van der Waals surface area contributed by atoms with E-state index >= 15 is 0 Å². The first-order chi connectivity index (χ1) is 12.0. The Morgan fingerprint density at radius 1 is 1.16 bits per heavy atom. The Morgan fingerprint density at radius 3 is 2.52 bits per heavy atom. The quantitative estimate of drug-likeness (QED) is 0.634. The van der Waals surface area contributed by atoms with Crippen molar-refractivity contribution in [3.05, 3.63) is 76.5 Å². The number of aromatic nitrogens is 2. The van der Waals surface area contributed by atoms with Crippen LogP contribution in [0, 0.1) is 0 Å². The van der Waals surface area contributed by atoms with Crippen LogP contribution in [0.1, 0.15) is 5.56 Å². The van der Waals surface area contributed by atoms with Gasteiger partial charge in [-0.25, -0.2) is 4.68 Å². The number of hydrogen-bond acceptors (Lipinski definition) is 2. The molecule has 3 aromatic rings. The van der Waals surface area contributed by atoms with E-state index in [-0.39, 0.29) is 0 Å². The summed E-state index contributed by atoms with van der Waals surface area (Å²) in [6, 6.07) is 15.2. The highest BCUT2D eigenvalue weighted by Crippen LogP contribution is 2.22. The molecule has 0 aliphatic rings. The molecular weight excluding hydrogens is 375 g/mol. The highest BCUT2D eigenvalue weighted by molar-refractivity contribution is 7.80. The van der Waals surface area contributed by atoms with Crippen LogP contribution < -0.4 is 5.32 Å². The van der Waals surface area contributed by atoms with Crippen molar-refractivity contribution in [1.82, 2.24) is 14.7 Å². The summed E-state index contributed by atoms with van der Waals surface area (Å²) >= 11 is 17.5. The predicted octanol–water partition coefficient (Wildman–Crippen LogP) is 5.01. The van der Waals surface area contributed by atoms with Crippen LogP contribution in [0.15, 0.2) is 60.9 Å². The number of halogens is 2. The van der Waals surface area contributed by atoms with Gasteiger partial charge >= 0.3 is 0 Å². The highest BCUT2D eigenvalue weighted by Gasteiger charge is 2.09. The van der Waals surface area contributed by atoms with Crippen molar-refractivity contribution in [2.24, 2.45) is 0 Å². The number of nitrogens with one attached hydrogen (secondary N) is 1. The second-order valence-electron chi connectivity index (χ2n) is 5.57. The van der Waals surface area contributed by atoms with E-state index in [1.807, 2.05) is 59.4 Å². The SMILES string of the molecule is CN(Cc1cnn(-c2ccccc2)c1)C(=S)Nc1cc(Cl)cc(Cl)c1. The van der Waals surface area contributed by atoms with Gasteiger partial charge in [-0.1, -0.05) is 41.4 Å². The fourth-order valence-corrected chi connectivity index (χ4v) is 3.06. The van der Waals surface area contributed by atoms with Crippen molar-refractivity contribution < 1.29 is 0 Å². The number of rotatable bonds is 4. The van der Waals surface area contributed by atoms with Crippen molar-refractivity contribution in [2.45, 2.75) is 6.54 Å².